The molecule has 0 amide bonds. The molecule has 3 rings (SSSR count). The van der Waals surface area contributed by atoms with Crippen LogP contribution in [0, 0.1) is 0 Å². The van der Waals surface area contributed by atoms with E-state index in [1.165, 1.54) is 50.6 Å². The van der Waals surface area contributed by atoms with Gasteiger partial charge in [-0.3, -0.25) is 0 Å². The molecular formula is C14H19N. The SMILES string of the molecule is c1cc2c(cc1C1CCCN1)CCCC2. The Bertz CT molecular complexity index is 350. The Labute approximate surface area is 91.9 Å². The Balaban J connectivity index is 1.89. The fourth-order valence-corrected chi connectivity index (χ4v) is 2.94. The summed E-state index contributed by atoms with van der Waals surface area (Å²) in [6.45, 7) is 1.20. The minimum absolute atomic E-state index is 0.636. The lowest BCUT2D eigenvalue weighted by Crippen LogP contribution is -2.14. The summed E-state index contributed by atoms with van der Waals surface area (Å²) >= 11 is 0. The number of benzene rings is 1. The van der Waals surface area contributed by atoms with Crippen LogP contribution in [0.5, 0.6) is 0 Å². The molecular weight excluding hydrogens is 182 g/mol. The van der Waals surface area contributed by atoms with Crippen molar-refractivity contribution >= 4 is 0 Å². The van der Waals surface area contributed by atoms with E-state index in [9.17, 15) is 0 Å². The van der Waals surface area contributed by atoms with Gasteiger partial charge in [0.05, 0.1) is 0 Å². The molecule has 0 spiro atoms. The zero-order chi connectivity index (χ0) is 10.1. The van der Waals surface area contributed by atoms with Crippen molar-refractivity contribution in [2.45, 2.75) is 44.6 Å². The molecule has 1 atom stereocenters. The van der Waals surface area contributed by atoms with Crippen LogP contribution in [-0.2, 0) is 12.8 Å². The van der Waals surface area contributed by atoms with Gasteiger partial charge >= 0.3 is 0 Å². The molecule has 0 aromatic heterocycles. The van der Waals surface area contributed by atoms with Crippen molar-refractivity contribution < 1.29 is 0 Å². The average Bonchev–Trinajstić information content (AvgIpc) is 2.82. The maximum Gasteiger partial charge on any atom is 0.0320 e. The summed E-state index contributed by atoms with van der Waals surface area (Å²) in [5, 5.41) is 3.58. The van der Waals surface area contributed by atoms with Gasteiger partial charge in [0.25, 0.3) is 0 Å². The van der Waals surface area contributed by atoms with Crippen LogP contribution in [0.25, 0.3) is 0 Å². The summed E-state index contributed by atoms with van der Waals surface area (Å²) in [6, 6.07) is 7.80. The first-order chi connectivity index (χ1) is 7.43. The van der Waals surface area contributed by atoms with E-state index in [-0.39, 0.29) is 0 Å². The van der Waals surface area contributed by atoms with Crippen molar-refractivity contribution in [1.82, 2.24) is 5.32 Å². The Morgan fingerprint density at radius 1 is 1.00 bits per heavy atom. The quantitative estimate of drug-likeness (QED) is 0.736. The summed E-state index contributed by atoms with van der Waals surface area (Å²) in [7, 11) is 0. The molecule has 15 heavy (non-hydrogen) atoms. The molecule has 2 aliphatic rings. The van der Waals surface area contributed by atoms with Crippen LogP contribution in [0.15, 0.2) is 18.2 Å². The predicted octanol–water partition coefficient (Wildman–Crippen LogP) is 2.99. The number of hydrogen-bond acceptors (Lipinski definition) is 1. The lowest BCUT2D eigenvalue weighted by molar-refractivity contribution is 0.639. The minimum atomic E-state index is 0.636. The lowest BCUT2D eigenvalue weighted by Gasteiger charge is -2.19. The van der Waals surface area contributed by atoms with E-state index in [4.69, 9.17) is 0 Å². The normalized spacial score (nSPS) is 25.2. The highest BCUT2D eigenvalue weighted by Gasteiger charge is 2.17. The molecule has 1 heterocycles. The van der Waals surface area contributed by atoms with Crippen molar-refractivity contribution in [3.63, 3.8) is 0 Å². The summed E-state index contributed by atoms with van der Waals surface area (Å²) in [5.74, 6) is 0. The topological polar surface area (TPSA) is 12.0 Å². The van der Waals surface area contributed by atoms with E-state index in [1.54, 1.807) is 11.1 Å². The molecule has 1 aliphatic heterocycles. The number of nitrogens with one attached hydrogen (secondary N) is 1. The molecule has 0 saturated carbocycles. The van der Waals surface area contributed by atoms with Gasteiger partial charge in [0.2, 0.25) is 0 Å². The molecule has 1 nitrogen and oxygen atoms in total. The fraction of sp³-hybridized carbons (Fsp3) is 0.571. The monoisotopic (exact) mass is 201 g/mol. The molecule has 1 heteroatoms. The third-order valence-electron chi connectivity index (χ3n) is 3.84. The molecule has 80 valence electrons. The highest BCUT2D eigenvalue weighted by Crippen LogP contribution is 2.28. The van der Waals surface area contributed by atoms with Crippen molar-refractivity contribution in [1.29, 1.82) is 0 Å². The summed E-state index contributed by atoms with van der Waals surface area (Å²) < 4.78 is 0. The highest BCUT2D eigenvalue weighted by atomic mass is 14.9. The van der Waals surface area contributed by atoms with Crippen molar-refractivity contribution in [3.05, 3.63) is 34.9 Å². The van der Waals surface area contributed by atoms with Crippen molar-refractivity contribution in [2.75, 3.05) is 6.54 Å². The smallest absolute Gasteiger partial charge is 0.0320 e. The van der Waals surface area contributed by atoms with E-state index >= 15 is 0 Å². The second kappa shape index (κ2) is 3.97. The van der Waals surface area contributed by atoms with Gasteiger partial charge in [-0.15, -0.1) is 0 Å². The standard InChI is InChI=1S/C14H19N/c1-2-5-12-10-13(8-7-11(12)4-1)14-6-3-9-15-14/h7-8,10,14-15H,1-6,9H2. The van der Waals surface area contributed by atoms with Crippen LogP contribution in [-0.4, -0.2) is 6.54 Å². The van der Waals surface area contributed by atoms with Gasteiger partial charge < -0.3 is 5.32 Å². The van der Waals surface area contributed by atoms with E-state index < -0.39 is 0 Å². The second-order valence-corrected chi connectivity index (χ2v) is 4.88. The van der Waals surface area contributed by atoms with Gasteiger partial charge in [-0.25, -0.2) is 0 Å². The van der Waals surface area contributed by atoms with Crippen LogP contribution in [0.4, 0.5) is 0 Å². The third kappa shape index (κ3) is 1.81. The first kappa shape index (κ1) is 9.41. The van der Waals surface area contributed by atoms with E-state index in [1.807, 2.05) is 0 Å². The maximum atomic E-state index is 3.58. The van der Waals surface area contributed by atoms with Gasteiger partial charge in [0.15, 0.2) is 0 Å². The zero-order valence-electron chi connectivity index (χ0n) is 9.26. The van der Waals surface area contributed by atoms with Gasteiger partial charge in [0.1, 0.15) is 0 Å². The van der Waals surface area contributed by atoms with E-state index in [0.717, 1.165) is 0 Å². The molecule has 0 bridgehead atoms. The summed E-state index contributed by atoms with van der Waals surface area (Å²) in [5.41, 5.74) is 4.74. The van der Waals surface area contributed by atoms with Gasteiger partial charge in [-0.05, 0) is 61.8 Å². The molecule has 1 aliphatic carbocycles. The number of hydrogen-bond donors (Lipinski definition) is 1. The second-order valence-electron chi connectivity index (χ2n) is 4.88. The Morgan fingerprint density at radius 2 is 1.87 bits per heavy atom. The molecule has 1 N–H and O–H groups in total. The Hall–Kier alpha value is -0.820. The average molecular weight is 201 g/mol. The molecule has 0 radical (unpaired) electrons. The third-order valence-corrected chi connectivity index (χ3v) is 3.84. The van der Waals surface area contributed by atoms with E-state index in [0.29, 0.717) is 6.04 Å². The van der Waals surface area contributed by atoms with Crippen LogP contribution in [0.3, 0.4) is 0 Å². The van der Waals surface area contributed by atoms with Crippen molar-refractivity contribution in [3.8, 4) is 0 Å². The maximum absolute atomic E-state index is 3.58. The number of fused-ring (bicyclic) bond motifs is 1. The lowest BCUT2D eigenvalue weighted by atomic mass is 9.89. The van der Waals surface area contributed by atoms with Crippen LogP contribution < -0.4 is 5.32 Å². The molecule has 1 aromatic carbocycles. The minimum Gasteiger partial charge on any atom is -0.310 e. The number of rotatable bonds is 1. The van der Waals surface area contributed by atoms with Crippen LogP contribution in [0.1, 0.15) is 48.4 Å². The summed E-state index contributed by atoms with van der Waals surface area (Å²) in [6.07, 6.45) is 8.02. The molecule has 1 aromatic rings. The molecule has 1 saturated heterocycles. The first-order valence-electron chi connectivity index (χ1n) is 6.28. The summed E-state index contributed by atoms with van der Waals surface area (Å²) in [4.78, 5) is 0. The van der Waals surface area contributed by atoms with Gasteiger partial charge in [0, 0.05) is 6.04 Å². The first-order valence-corrected chi connectivity index (χ1v) is 6.28. The Morgan fingerprint density at radius 3 is 2.67 bits per heavy atom. The van der Waals surface area contributed by atoms with Gasteiger partial charge in [-0.1, -0.05) is 18.2 Å². The highest BCUT2D eigenvalue weighted by molar-refractivity contribution is 5.35. The molecule has 1 fully saturated rings. The molecule has 1 unspecified atom stereocenters. The zero-order valence-corrected chi connectivity index (χ0v) is 9.26. The van der Waals surface area contributed by atoms with Crippen LogP contribution >= 0.6 is 0 Å². The fourth-order valence-electron chi connectivity index (χ4n) is 2.94. The predicted molar refractivity (Wildman–Crippen MR) is 63.1 cm³/mol. The Kier molecular flexibility index (Phi) is 2.49. The van der Waals surface area contributed by atoms with Gasteiger partial charge in [-0.2, -0.15) is 0 Å². The van der Waals surface area contributed by atoms with E-state index in [2.05, 4.69) is 23.5 Å². The van der Waals surface area contributed by atoms with Crippen molar-refractivity contribution in [2.24, 2.45) is 0 Å². The van der Waals surface area contributed by atoms with Crippen LogP contribution in [0.2, 0.25) is 0 Å². The largest absolute Gasteiger partial charge is 0.310 e. The number of aryl methyl sites for hydroxylation is 2.